The zero-order chi connectivity index (χ0) is 19.1. The molecule has 3 rings (SSSR count). The standard InChI is InChI=1S/C16H23N3O5S2/c1-10-14(25-11(2)17-10)6-15(20)18-4-5-19(16(21)7-24-3)13-9-26(22,23)8-12(13)18/h12-13H,4-9H2,1-3H3/t12-,13+/m0/s1. The second-order valence-electron chi connectivity index (χ2n) is 6.74. The second kappa shape index (κ2) is 7.24. The van der Waals surface area contributed by atoms with Gasteiger partial charge in [0, 0.05) is 25.1 Å². The number of piperazine rings is 1. The number of sulfone groups is 1. The first kappa shape index (κ1) is 19.2. The zero-order valence-electron chi connectivity index (χ0n) is 15.1. The topological polar surface area (TPSA) is 96.9 Å². The van der Waals surface area contributed by atoms with Gasteiger partial charge in [0.05, 0.1) is 40.7 Å². The Bertz CT molecular complexity index is 820. The van der Waals surface area contributed by atoms with Gasteiger partial charge in [-0.05, 0) is 13.8 Å². The number of carbonyl (C=O) groups excluding carboxylic acids is 2. The number of methoxy groups -OCH3 is 1. The van der Waals surface area contributed by atoms with Gasteiger partial charge in [0.15, 0.2) is 9.84 Å². The number of hydrogen-bond acceptors (Lipinski definition) is 7. The number of hydrogen-bond donors (Lipinski definition) is 0. The molecular weight excluding hydrogens is 378 g/mol. The lowest BCUT2D eigenvalue weighted by Crippen LogP contribution is -2.62. The first-order valence-corrected chi connectivity index (χ1v) is 11.1. The van der Waals surface area contributed by atoms with Crippen LogP contribution in [0.4, 0.5) is 0 Å². The van der Waals surface area contributed by atoms with Crippen LogP contribution in [0.3, 0.4) is 0 Å². The highest BCUT2D eigenvalue weighted by Gasteiger charge is 2.49. The van der Waals surface area contributed by atoms with Gasteiger partial charge >= 0.3 is 0 Å². The lowest BCUT2D eigenvalue weighted by Gasteiger charge is -2.43. The predicted octanol–water partition coefficient (Wildman–Crippen LogP) is -0.215. The van der Waals surface area contributed by atoms with Crippen LogP contribution in [0.5, 0.6) is 0 Å². The van der Waals surface area contributed by atoms with E-state index in [4.69, 9.17) is 4.74 Å². The third-order valence-electron chi connectivity index (χ3n) is 4.90. The fraction of sp³-hybridized carbons (Fsp3) is 0.688. The van der Waals surface area contributed by atoms with E-state index in [9.17, 15) is 18.0 Å². The summed E-state index contributed by atoms with van der Waals surface area (Å²) in [6.45, 7) is 4.34. The van der Waals surface area contributed by atoms with E-state index >= 15 is 0 Å². The molecule has 0 unspecified atom stereocenters. The van der Waals surface area contributed by atoms with Crippen molar-refractivity contribution in [1.82, 2.24) is 14.8 Å². The molecule has 144 valence electrons. The molecule has 8 nitrogen and oxygen atoms in total. The van der Waals surface area contributed by atoms with Crippen LogP contribution in [0, 0.1) is 13.8 Å². The number of carbonyl (C=O) groups is 2. The maximum atomic E-state index is 12.9. The van der Waals surface area contributed by atoms with E-state index in [2.05, 4.69) is 4.98 Å². The van der Waals surface area contributed by atoms with Crippen LogP contribution in [0.1, 0.15) is 15.6 Å². The van der Waals surface area contributed by atoms with E-state index in [0.717, 1.165) is 15.6 Å². The number of thiazole rings is 1. The Morgan fingerprint density at radius 2 is 1.73 bits per heavy atom. The molecule has 2 amide bonds. The Balaban J connectivity index is 1.80. The van der Waals surface area contributed by atoms with E-state index in [1.807, 2.05) is 13.8 Å². The van der Waals surface area contributed by atoms with Gasteiger partial charge in [-0.25, -0.2) is 13.4 Å². The van der Waals surface area contributed by atoms with Gasteiger partial charge in [0.25, 0.3) is 0 Å². The molecule has 2 atom stereocenters. The molecule has 2 aliphatic rings. The van der Waals surface area contributed by atoms with Crippen LogP contribution in [-0.4, -0.2) is 85.4 Å². The minimum Gasteiger partial charge on any atom is -0.375 e. The molecule has 26 heavy (non-hydrogen) atoms. The molecule has 0 radical (unpaired) electrons. The molecule has 1 aromatic heterocycles. The quantitative estimate of drug-likeness (QED) is 0.692. The van der Waals surface area contributed by atoms with Crippen molar-refractivity contribution in [2.75, 3.05) is 38.3 Å². The first-order valence-electron chi connectivity index (χ1n) is 8.43. The fourth-order valence-electron chi connectivity index (χ4n) is 3.76. The van der Waals surface area contributed by atoms with Crippen molar-refractivity contribution >= 4 is 33.0 Å². The van der Waals surface area contributed by atoms with Gasteiger partial charge in [-0.3, -0.25) is 9.59 Å². The molecule has 0 aromatic carbocycles. The number of aryl methyl sites for hydroxylation is 2. The smallest absolute Gasteiger partial charge is 0.248 e. The van der Waals surface area contributed by atoms with Crippen LogP contribution in [0.2, 0.25) is 0 Å². The second-order valence-corrected chi connectivity index (χ2v) is 10.2. The molecule has 0 bridgehead atoms. The molecule has 3 heterocycles. The minimum absolute atomic E-state index is 0.0868. The normalized spacial score (nSPS) is 24.6. The molecule has 0 aliphatic carbocycles. The predicted molar refractivity (Wildman–Crippen MR) is 96.8 cm³/mol. The summed E-state index contributed by atoms with van der Waals surface area (Å²) in [7, 11) is -1.86. The summed E-state index contributed by atoms with van der Waals surface area (Å²) < 4.78 is 29.3. The van der Waals surface area contributed by atoms with Gasteiger partial charge < -0.3 is 14.5 Å². The van der Waals surface area contributed by atoms with E-state index in [0.29, 0.717) is 13.1 Å². The van der Waals surface area contributed by atoms with Crippen LogP contribution in [0.15, 0.2) is 0 Å². The van der Waals surface area contributed by atoms with Gasteiger partial charge in [0.1, 0.15) is 6.61 Å². The summed E-state index contributed by atoms with van der Waals surface area (Å²) in [6, 6.07) is -0.985. The Labute approximate surface area is 157 Å². The summed E-state index contributed by atoms with van der Waals surface area (Å²) in [5, 5.41) is 0.904. The summed E-state index contributed by atoms with van der Waals surface area (Å²) in [5.74, 6) is -0.542. The highest BCUT2D eigenvalue weighted by Crippen LogP contribution is 2.28. The van der Waals surface area contributed by atoms with Gasteiger partial charge in [-0.1, -0.05) is 0 Å². The third-order valence-corrected chi connectivity index (χ3v) is 7.67. The molecule has 1 aromatic rings. The first-order chi connectivity index (χ1) is 12.2. The Morgan fingerprint density at radius 3 is 2.23 bits per heavy atom. The molecule has 0 N–H and O–H groups in total. The van der Waals surface area contributed by atoms with Crippen molar-refractivity contribution in [3.8, 4) is 0 Å². The van der Waals surface area contributed by atoms with Crippen molar-refractivity contribution in [3.63, 3.8) is 0 Å². The Hall–Kier alpha value is -1.52. The van der Waals surface area contributed by atoms with E-state index in [1.54, 1.807) is 9.80 Å². The number of nitrogens with zero attached hydrogens (tertiary/aromatic N) is 3. The number of ether oxygens (including phenoxy) is 1. The number of aromatic nitrogens is 1. The zero-order valence-corrected chi connectivity index (χ0v) is 16.7. The number of rotatable bonds is 4. The van der Waals surface area contributed by atoms with Crippen molar-refractivity contribution in [2.45, 2.75) is 32.4 Å². The molecule has 2 aliphatic heterocycles. The lowest BCUT2D eigenvalue weighted by molar-refractivity contribution is -0.147. The van der Waals surface area contributed by atoms with Crippen LogP contribution in [0.25, 0.3) is 0 Å². The summed E-state index contributed by atoms with van der Waals surface area (Å²) in [6.07, 6.45) is 0.215. The molecule has 2 fully saturated rings. The average Bonchev–Trinajstić information content (AvgIpc) is 3.03. The lowest BCUT2D eigenvalue weighted by atomic mass is 10.0. The highest BCUT2D eigenvalue weighted by molar-refractivity contribution is 7.91. The van der Waals surface area contributed by atoms with E-state index in [1.165, 1.54) is 18.4 Å². The number of fused-ring (bicyclic) bond motifs is 1. The van der Waals surface area contributed by atoms with E-state index < -0.39 is 21.9 Å². The Morgan fingerprint density at radius 1 is 1.15 bits per heavy atom. The van der Waals surface area contributed by atoms with Gasteiger partial charge in [0.2, 0.25) is 11.8 Å². The van der Waals surface area contributed by atoms with Crippen molar-refractivity contribution < 1.29 is 22.7 Å². The Kier molecular flexibility index (Phi) is 5.36. The average molecular weight is 402 g/mol. The molecular formula is C16H23N3O5S2. The summed E-state index contributed by atoms with van der Waals surface area (Å²) >= 11 is 1.49. The summed E-state index contributed by atoms with van der Waals surface area (Å²) in [4.78, 5) is 33.6. The largest absolute Gasteiger partial charge is 0.375 e. The highest BCUT2D eigenvalue weighted by atomic mass is 32.2. The van der Waals surface area contributed by atoms with Crippen molar-refractivity contribution in [1.29, 1.82) is 0 Å². The summed E-state index contributed by atoms with van der Waals surface area (Å²) in [5.41, 5.74) is 0.838. The number of amides is 2. The minimum atomic E-state index is -3.29. The van der Waals surface area contributed by atoms with Crippen LogP contribution < -0.4 is 0 Å². The molecule has 2 saturated heterocycles. The van der Waals surface area contributed by atoms with Crippen LogP contribution >= 0.6 is 11.3 Å². The molecule has 10 heteroatoms. The maximum Gasteiger partial charge on any atom is 0.248 e. The van der Waals surface area contributed by atoms with Crippen molar-refractivity contribution in [2.24, 2.45) is 0 Å². The van der Waals surface area contributed by atoms with Crippen molar-refractivity contribution in [3.05, 3.63) is 15.6 Å². The fourth-order valence-corrected chi connectivity index (χ4v) is 6.66. The van der Waals surface area contributed by atoms with Gasteiger partial charge in [-0.2, -0.15) is 0 Å². The maximum absolute atomic E-state index is 12.9. The molecule has 0 spiro atoms. The third kappa shape index (κ3) is 3.77. The van der Waals surface area contributed by atoms with E-state index in [-0.39, 0.29) is 36.3 Å². The SMILES string of the molecule is COCC(=O)N1CCN(C(=O)Cc2sc(C)nc2C)[C@H]2CS(=O)(=O)C[C@H]21. The monoisotopic (exact) mass is 401 g/mol. The van der Waals surface area contributed by atoms with Crippen LogP contribution in [-0.2, 0) is 30.6 Å². The van der Waals surface area contributed by atoms with Gasteiger partial charge in [-0.15, -0.1) is 11.3 Å². The molecule has 0 saturated carbocycles.